The van der Waals surface area contributed by atoms with E-state index in [1.165, 1.54) is 6.33 Å². The fraction of sp³-hybridized carbons (Fsp3) is 0.583. The number of rotatable bonds is 5. The third-order valence-corrected chi connectivity index (χ3v) is 2.84. The van der Waals surface area contributed by atoms with Crippen molar-refractivity contribution >= 4 is 11.6 Å². The Balaban J connectivity index is 2.05. The summed E-state index contributed by atoms with van der Waals surface area (Å²) in [6, 6.07) is 1.66. The molecule has 0 aromatic carbocycles. The van der Waals surface area contributed by atoms with E-state index in [9.17, 15) is 4.79 Å². The molecule has 1 fully saturated rings. The minimum Gasteiger partial charge on any atom is -0.360 e. The summed E-state index contributed by atoms with van der Waals surface area (Å²) in [6.45, 7) is 4.11. The number of carbonyl (C=O) groups is 1. The number of nitrogens with one attached hydrogen (secondary N) is 1. The SMILES string of the molecule is CC(C)C(Nc1ccncn1)C(=O)C1CC1. The summed E-state index contributed by atoms with van der Waals surface area (Å²) in [5.41, 5.74) is 0. The average Bonchev–Trinajstić information content (AvgIpc) is 3.10. The number of hydrogen-bond acceptors (Lipinski definition) is 4. The van der Waals surface area contributed by atoms with Crippen LogP contribution in [0.3, 0.4) is 0 Å². The first-order chi connectivity index (χ1) is 7.68. The van der Waals surface area contributed by atoms with Gasteiger partial charge in [0.2, 0.25) is 0 Å². The minimum atomic E-state index is -0.123. The van der Waals surface area contributed by atoms with Crippen molar-refractivity contribution in [3.8, 4) is 0 Å². The fourth-order valence-electron chi connectivity index (χ4n) is 1.72. The molecule has 1 aliphatic carbocycles. The highest BCUT2D eigenvalue weighted by Crippen LogP contribution is 2.32. The molecule has 0 spiro atoms. The van der Waals surface area contributed by atoms with Crippen LogP contribution in [0, 0.1) is 11.8 Å². The Morgan fingerprint density at radius 2 is 2.25 bits per heavy atom. The van der Waals surface area contributed by atoms with Crippen molar-refractivity contribution in [2.45, 2.75) is 32.7 Å². The average molecular weight is 219 g/mol. The van der Waals surface area contributed by atoms with Gasteiger partial charge in [-0.05, 0) is 24.8 Å². The third-order valence-electron chi connectivity index (χ3n) is 2.84. The molecule has 4 nitrogen and oxygen atoms in total. The van der Waals surface area contributed by atoms with Crippen LogP contribution in [0.25, 0.3) is 0 Å². The number of aromatic nitrogens is 2. The van der Waals surface area contributed by atoms with Gasteiger partial charge >= 0.3 is 0 Å². The Bertz CT molecular complexity index is 360. The molecule has 1 aromatic heterocycles. The molecule has 0 amide bonds. The van der Waals surface area contributed by atoms with Gasteiger partial charge in [0.15, 0.2) is 5.78 Å². The van der Waals surface area contributed by atoms with Crippen molar-refractivity contribution in [2.24, 2.45) is 11.8 Å². The van der Waals surface area contributed by atoms with Crippen LogP contribution in [-0.2, 0) is 4.79 Å². The number of carbonyl (C=O) groups excluding carboxylic acids is 1. The Morgan fingerprint density at radius 1 is 1.50 bits per heavy atom. The highest BCUT2D eigenvalue weighted by atomic mass is 16.1. The minimum absolute atomic E-state index is 0.123. The largest absolute Gasteiger partial charge is 0.360 e. The second-order valence-electron chi connectivity index (χ2n) is 4.64. The van der Waals surface area contributed by atoms with Gasteiger partial charge in [0.1, 0.15) is 12.1 Å². The molecule has 2 rings (SSSR count). The maximum atomic E-state index is 12.0. The van der Waals surface area contributed by atoms with Gasteiger partial charge in [0.25, 0.3) is 0 Å². The second-order valence-corrected chi connectivity index (χ2v) is 4.64. The Morgan fingerprint density at radius 3 is 2.75 bits per heavy atom. The highest BCUT2D eigenvalue weighted by Gasteiger charge is 2.36. The zero-order valence-corrected chi connectivity index (χ0v) is 9.68. The van der Waals surface area contributed by atoms with E-state index in [0.29, 0.717) is 5.78 Å². The maximum Gasteiger partial charge on any atom is 0.158 e. The summed E-state index contributed by atoms with van der Waals surface area (Å²) in [7, 11) is 0. The van der Waals surface area contributed by atoms with Crippen molar-refractivity contribution < 1.29 is 4.79 Å². The van der Waals surface area contributed by atoms with Gasteiger partial charge in [0.05, 0.1) is 6.04 Å². The quantitative estimate of drug-likeness (QED) is 0.821. The predicted molar refractivity (Wildman–Crippen MR) is 62.0 cm³/mol. The van der Waals surface area contributed by atoms with Crippen LogP contribution in [0.1, 0.15) is 26.7 Å². The molecule has 0 aliphatic heterocycles. The summed E-state index contributed by atoms with van der Waals surface area (Å²) in [6.07, 6.45) is 5.26. The van der Waals surface area contributed by atoms with Crippen molar-refractivity contribution in [3.63, 3.8) is 0 Å². The van der Waals surface area contributed by atoms with E-state index in [1.54, 1.807) is 12.3 Å². The number of nitrogens with zero attached hydrogens (tertiary/aromatic N) is 2. The molecule has 1 unspecified atom stereocenters. The van der Waals surface area contributed by atoms with Gasteiger partial charge < -0.3 is 5.32 Å². The highest BCUT2D eigenvalue weighted by molar-refractivity contribution is 5.90. The molecule has 86 valence electrons. The van der Waals surface area contributed by atoms with Gasteiger partial charge in [-0.1, -0.05) is 13.8 Å². The van der Waals surface area contributed by atoms with Crippen molar-refractivity contribution in [1.82, 2.24) is 9.97 Å². The molecule has 0 radical (unpaired) electrons. The molecule has 1 atom stereocenters. The van der Waals surface area contributed by atoms with Crippen molar-refractivity contribution in [2.75, 3.05) is 5.32 Å². The molecular weight excluding hydrogens is 202 g/mol. The number of ketones is 1. The maximum absolute atomic E-state index is 12.0. The smallest absolute Gasteiger partial charge is 0.158 e. The summed E-state index contributed by atoms with van der Waals surface area (Å²) in [5, 5.41) is 3.20. The van der Waals surface area contributed by atoms with E-state index >= 15 is 0 Å². The summed E-state index contributed by atoms with van der Waals surface area (Å²) >= 11 is 0. The lowest BCUT2D eigenvalue weighted by molar-refractivity contribution is -0.121. The molecular formula is C12H17N3O. The molecule has 0 bridgehead atoms. The van der Waals surface area contributed by atoms with Gasteiger partial charge in [-0.3, -0.25) is 4.79 Å². The second kappa shape index (κ2) is 4.60. The molecule has 1 aliphatic rings. The Hall–Kier alpha value is -1.45. The first-order valence-electron chi connectivity index (χ1n) is 5.74. The van der Waals surface area contributed by atoms with Crippen LogP contribution in [0.2, 0.25) is 0 Å². The molecule has 1 aromatic rings. The molecule has 16 heavy (non-hydrogen) atoms. The lowest BCUT2D eigenvalue weighted by Crippen LogP contribution is -2.35. The van der Waals surface area contributed by atoms with E-state index in [2.05, 4.69) is 29.1 Å². The molecule has 1 saturated carbocycles. The van der Waals surface area contributed by atoms with Gasteiger partial charge in [-0.15, -0.1) is 0 Å². The van der Waals surface area contributed by atoms with E-state index in [-0.39, 0.29) is 17.9 Å². The molecule has 4 heteroatoms. The number of hydrogen-bond donors (Lipinski definition) is 1. The number of Topliss-reactive ketones (excluding diaryl/α,β-unsaturated/α-hetero) is 1. The topological polar surface area (TPSA) is 54.9 Å². The first-order valence-corrected chi connectivity index (χ1v) is 5.74. The normalized spacial score (nSPS) is 17.2. The van der Waals surface area contributed by atoms with Crippen molar-refractivity contribution in [3.05, 3.63) is 18.6 Å². The molecule has 1 N–H and O–H groups in total. The monoisotopic (exact) mass is 219 g/mol. The standard InChI is InChI=1S/C12H17N3O/c1-8(2)11(12(16)9-3-4-9)15-10-5-6-13-7-14-10/h5-9,11H,3-4H2,1-2H3,(H,13,14,15). The van der Waals surface area contributed by atoms with Gasteiger partial charge in [-0.2, -0.15) is 0 Å². The summed E-state index contributed by atoms with van der Waals surface area (Å²) in [5.74, 6) is 1.61. The van der Waals surface area contributed by atoms with E-state index < -0.39 is 0 Å². The third kappa shape index (κ3) is 2.56. The van der Waals surface area contributed by atoms with Gasteiger partial charge in [-0.25, -0.2) is 9.97 Å². The fourth-order valence-corrected chi connectivity index (χ4v) is 1.72. The van der Waals surface area contributed by atoms with E-state index in [0.717, 1.165) is 18.7 Å². The van der Waals surface area contributed by atoms with Crippen LogP contribution in [0.4, 0.5) is 5.82 Å². The van der Waals surface area contributed by atoms with E-state index in [4.69, 9.17) is 0 Å². The Labute approximate surface area is 95.5 Å². The zero-order chi connectivity index (χ0) is 11.5. The Kier molecular flexibility index (Phi) is 3.17. The lowest BCUT2D eigenvalue weighted by atomic mass is 9.97. The van der Waals surface area contributed by atoms with Crippen LogP contribution in [0.15, 0.2) is 18.6 Å². The first kappa shape index (κ1) is 11.0. The van der Waals surface area contributed by atoms with Crippen LogP contribution in [0.5, 0.6) is 0 Å². The zero-order valence-electron chi connectivity index (χ0n) is 9.68. The van der Waals surface area contributed by atoms with Crippen LogP contribution in [-0.4, -0.2) is 21.8 Å². The van der Waals surface area contributed by atoms with Crippen LogP contribution < -0.4 is 5.32 Å². The van der Waals surface area contributed by atoms with E-state index in [1.807, 2.05) is 0 Å². The van der Waals surface area contributed by atoms with Crippen LogP contribution >= 0.6 is 0 Å². The van der Waals surface area contributed by atoms with Crippen molar-refractivity contribution in [1.29, 1.82) is 0 Å². The summed E-state index contributed by atoms with van der Waals surface area (Å²) < 4.78 is 0. The molecule has 0 saturated heterocycles. The number of anilines is 1. The summed E-state index contributed by atoms with van der Waals surface area (Å²) in [4.78, 5) is 20.0. The molecule has 1 heterocycles. The lowest BCUT2D eigenvalue weighted by Gasteiger charge is -2.21. The predicted octanol–water partition coefficient (Wildman–Crippen LogP) is 1.89. The van der Waals surface area contributed by atoms with Gasteiger partial charge in [0, 0.05) is 12.1 Å².